The number of anilines is 1. The molecule has 0 aliphatic carbocycles. The molecule has 3 rings (SSSR count). The third kappa shape index (κ3) is 4.37. The van der Waals surface area contributed by atoms with Crippen LogP contribution in [0.25, 0.3) is 11.0 Å². The van der Waals surface area contributed by atoms with Gasteiger partial charge in [0.05, 0.1) is 11.9 Å². The summed E-state index contributed by atoms with van der Waals surface area (Å²) in [6, 6.07) is 1.78. The fourth-order valence-electron chi connectivity index (χ4n) is 3.20. The van der Waals surface area contributed by atoms with Crippen molar-refractivity contribution in [3.05, 3.63) is 16.9 Å². The summed E-state index contributed by atoms with van der Waals surface area (Å²) < 4.78 is 6.66. The third-order valence-corrected chi connectivity index (χ3v) is 5.21. The van der Waals surface area contributed by atoms with Crippen molar-refractivity contribution >= 4 is 44.8 Å². The molecule has 1 saturated heterocycles. The Bertz CT molecular complexity index is 913. The number of hydrogen-bond donors (Lipinski definition) is 2. The van der Waals surface area contributed by atoms with Gasteiger partial charge >= 0.3 is 12.2 Å². The molecule has 1 aliphatic heterocycles. The van der Waals surface area contributed by atoms with Crippen molar-refractivity contribution in [1.29, 1.82) is 0 Å². The van der Waals surface area contributed by atoms with Crippen molar-refractivity contribution in [3.63, 3.8) is 0 Å². The van der Waals surface area contributed by atoms with Gasteiger partial charge in [0.15, 0.2) is 4.60 Å². The van der Waals surface area contributed by atoms with E-state index in [9.17, 15) is 14.7 Å². The molecule has 0 saturated carbocycles. The molecule has 0 spiro atoms. The minimum Gasteiger partial charge on any atom is -0.463 e. The molecule has 0 radical (unpaired) electrons. The highest BCUT2D eigenvalue weighted by Crippen LogP contribution is 2.29. The van der Waals surface area contributed by atoms with Crippen LogP contribution in [0.15, 0.2) is 16.9 Å². The van der Waals surface area contributed by atoms with E-state index in [4.69, 9.17) is 4.74 Å². The van der Waals surface area contributed by atoms with E-state index in [0.29, 0.717) is 28.7 Å². The highest BCUT2D eigenvalue weighted by atomic mass is 79.9. The van der Waals surface area contributed by atoms with E-state index in [0.717, 1.165) is 23.2 Å². The standard InChI is InChI=1S/C18H24BrN5O4/c1-17(2,3)28-15(25)21-18(4)5-7-23(8-6-18)11-9-12-13(20-10-11)14(19)22-24(12)16(26)27/h9-10H,5-8H2,1-4H3,(H,21,25)(H,26,27). The SMILES string of the molecule is CC1(NC(=O)OC(C)(C)C)CCN(c2cnc3c(Br)nn(C(=O)O)c3c2)CC1. The summed E-state index contributed by atoms with van der Waals surface area (Å²) in [6.45, 7) is 8.90. The van der Waals surface area contributed by atoms with Crippen molar-refractivity contribution in [1.82, 2.24) is 20.1 Å². The van der Waals surface area contributed by atoms with Crippen molar-refractivity contribution in [2.75, 3.05) is 18.0 Å². The predicted molar refractivity (Wildman–Crippen MR) is 108 cm³/mol. The van der Waals surface area contributed by atoms with Gasteiger partial charge in [-0.3, -0.25) is 0 Å². The average molecular weight is 454 g/mol. The lowest BCUT2D eigenvalue weighted by molar-refractivity contribution is 0.0448. The van der Waals surface area contributed by atoms with Gasteiger partial charge in [0.25, 0.3) is 0 Å². The molecule has 2 aromatic heterocycles. The number of nitrogens with zero attached hydrogens (tertiary/aromatic N) is 4. The van der Waals surface area contributed by atoms with Crippen LogP contribution in [-0.4, -0.2) is 56.3 Å². The largest absolute Gasteiger partial charge is 0.463 e. The number of fused-ring (bicyclic) bond motifs is 1. The molecule has 0 bridgehead atoms. The molecule has 0 aromatic carbocycles. The first-order valence-electron chi connectivity index (χ1n) is 9.01. The Kier molecular flexibility index (Phi) is 5.26. The van der Waals surface area contributed by atoms with Crippen LogP contribution in [0, 0.1) is 0 Å². The molecule has 9 nitrogen and oxygen atoms in total. The highest BCUT2D eigenvalue weighted by molar-refractivity contribution is 9.10. The van der Waals surface area contributed by atoms with Gasteiger partial charge < -0.3 is 20.1 Å². The lowest BCUT2D eigenvalue weighted by atomic mass is 9.89. The number of halogens is 1. The Morgan fingerprint density at radius 2 is 1.96 bits per heavy atom. The van der Waals surface area contributed by atoms with Gasteiger partial charge in [0.2, 0.25) is 0 Å². The second-order valence-electron chi connectivity index (χ2n) is 8.22. The summed E-state index contributed by atoms with van der Waals surface area (Å²) in [4.78, 5) is 30.0. The molecule has 0 atom stereocenters. The number of amides is 1. The van der Waals surface area contributed by atoms with E-state index in [1.165, 1.54) is 0 Å². The number of alkyl carbamates (subject to hydrolysis) is 1. The summed E-state index contributed by atoms with van der Waals surface area (Å²) in [6.07, 6.45) is 1.59. The van der Waals surface area contributed by atoms with Crippen LogP contribution in [0.5, 0.6) is 0 Å². The van der Waals surface area contributed by atoms with E-state index in [1.807, 2.05) is 27.7 Å². The first kappa shape index (κ1) is 20.4. The predicted octanol–water partition coefficient (Wildman–Crippen LogP) is 3.60. The zero-order valence-electron chi connectivity index (χ0n) is 16.3. The van der Waals surface area contributed by atoms with E-state index in [2.05, 4.69) is 36.2 Å². The number of carbonyl (C=O) groups excluding carboxylic acids is 1. The number of hydrogen-bond acceptors (Lipinski definition) is 6. The van der Waals surface area contributed by atoms with E-state index < -0.39 is 17.8 Å². The maximum atomic E-state index is 12.1. The van der Waals surface area contributed by atoms with Crippen molar-refractivity contribution in [2.24, 2.45) is 0 Å². The van der Waals surface area contributed by atoms with Crippen LogP contribution >= 0.6 is 15.9 Å². The maximum absolute atomic E-state index is 12.1. The highest BCUT2D eigenvalue weighted by Gasteiger charge is 2.33. The van der Waals surface area contributed by atoms with Gasteiger partial charge in [-0.2, -0.15) is 9.78 Å². The number of ether oxygens (including phenoxy) is 1. The molecule has 2 N–H and O–H groups in total. The minimum atomic E-state index is -1.16. The fraction of sp³-hybridized carbons (Fsp3) is 0.556. The summed E-state index contributed by atoms with van der Waals surface area (Å²) in [5.74, 6) is 0. The molecule has 10 heteroatoms. The number of nitrogens with one attached hydrogen (secondary N) is 1. The summed E-state index contributed by atoms with van der Waals surface area (Å²) in [5.41, 5.74) is 0.852. The number of aromatic nitrogens is 3. The van der Waals surface area contributed by atoms with Crippen LogP contribution in [0.4, 0.5) is 15.3 Å². The first-order chi connectivity index (χ1) is 13.0. The quantitative estimate of drug-likeness (QED) is 0.714. The molecule has 2 aromatic rings. The molecule has 1 fully saturated rings. The van der Waals surface area contributed by atoms with Crippen LogP contribution in [-0.2, 0) is 4.74 Å². The molecule has 3 heterocycles. The van der Waals surface area contributed by atoms with Gasteiger partial charge in [-0.05, 0) is 62.5 Å². The zero-order valence-corrected chi connectivity index (χ0v) is 17.9. The van der Waals surface area contributed by atoms with Gasteiger partial charge in [-0.25, -0.2) is 14.6 Å². The van der Waals surface area contributed by atoms with Gasteiger partial charge in [-0.1, -0.05) is 0 Å². The Balaban J connectivity index is 1.72. The minimum absolute atomic E-state index is 0.359. The molecular weight excluding hydrogens is 430 g/mol. The number of piperidine rings is 1. The van der Waals surface area contributed by atoms with Crippen LogP contribution in [0.2, 0.25) is 0 Å². The Hall–Kier alpha value is -2.36. The van der Waals surface area contributed by atoms with Crippen molar-refractivity contribution in [2.45, 2.75) is 51.7 Å². The number of carboxylic acid groups (broad SMARTS) is 1. The lowest BCUT2D eigenvalue weighted by Crippen LogP contribution is -2.54. The second kappa shape index (κ2) is 7.23. The Labute approximate surface area is 171 Å². The van der Waals surface area contributed by atoms with Gasteiger partial charge in [0.1, 0.15) is 16.6 Å². The number of carbonyl (C=O) groups is 2. The smallest absolute Gasteiger partial charge is 0.432 e. The molecule has 1 amide bonds. The molecule has 1 aliphatic rings. The summed E-state index contributed by atoms with van der Waals surface area (Å²) >= 11 is 3.24. The molecule has 28 heavy (non-hydrogen) atoms. The van der Waals surface area contributed by atoms with E-state index in [-0.39, 0.29) is 5.54 Å². The summed E-state index contributed by atoms with van der Waals surface area (Å²) in [5, 5.41) is 16.2. The average Bonchev–Trinajstić information content (AvgIpc) is 2.90. The maximum Gasteiger partial charge on any atom is 0.432 e. The normalized spacial score (nSPS) is 16.8. The van der Waals surface area contributed by atoms with Crippen molar-refractivity contribution in [3.8, 4) is 0 Å². The second-order valence-corrected chi connectivity index (χ2v) is 8.97. The Morgan fingerprint density at radius 1 is 1.32 bits per heavy atom. The monoisotopic (exact) mass is 453 g/mol. The number of pyridine rings is 1. The van der Waals surface area contributed by atoms with Crippen molar-refractivity contribution < 1.29 is 19.4 Å². The first-order valence-corrected chi connectivity index (χ1v) is 9.80. The summed E-state index contributed by atoms with van der Waals surface area (Å²) in [7, 11) is 0. The van der Waals surface area contributed by atoms with Crippen LogP contribution < -0.4 is 10.2 Å². The lowest BCUT2D eigenvalue weighted by Gasteiger charge is -2.41. The molecule has 152 valence electrons. The van der Waals surface area contributed by atoms with Gasteiger partial charge in [-0.15, -0.1) is 0 Å². The Morgan fingerprint density at radius 3 is 2.54 bits per heavy atom. The van der Waals surface area contributed by atoms with Crippen LogP contribution in [0.1, 0.15) is 40.5 Å². The molecule has 0 unspecified atom stereocenters. The number of rotatable bonds is 2. The molecular formula is C18H24BrN5O4. The topological polar surface area (TPSA) is 110 Å². The zero-order chi connectivity index (χ0) is 20.7. The van der Waals surface area contributed by atoms with E-state index >= 15 is 0 Å². The van der Waals surface area contributed by atoms with Gasteiger partial charge in [0, 0.05) is 18.6 Å². The van der Waals surface area contributed by atoms with E-state index in [1.54, 1.807) is 12.3 Å². The fourth-order valence-corrected chi connectivity index (χ4v) is 3.67. The van der Waals surface area contributed by atoms with Crippen LogP contribution in [0.3, 0.4) is 0 Å². The third-order valence-electron chi connectivity index (χ3n) is 4.68.